The van der Waals surface area contributed by atoms with Crippen LogP contribution in [0, 0.1) is 23.3 Å². The van der Waals surface area contributed by atoms with Crippen LogP contribution < -0.4 is 9.64 Å². The molecule has 27 heavy (non-hydrogen) atoms. The fraction of sp³-hybridized carbons (Fsp3) is 0.100. The lowest BCUT2D eigenvalue weighted by Crippen LogP contribution is -2.15. The zero-order chi connectivity index (χ0) is 19.7. The molecule has 0 fully saturated rings. The summed E-state index contributed by atoms with van der Waals surface area (Å²) in [5.41, 5.74) is -0.612. The summed E-state index contributed by atoms with van der Waals surface area (Å²) in [5.74, 6) is -4.17. The highest BCUT2D eigenvalue weighted by atomic mass is 19.1. The van der Waals surface area contributed by atoms with Gasteiger partial charge in [0, 0.05) is 18.7 Å². The molecule has 0 aliphatic rings. The van der Waals surface area contributed by atoms with Gasteiger partial charge in [-0.15, -0.1) is 0 Å². The van der Waals surface area contributed by atoms with Gasteiger partial charge < -0.3 is 14.7 Å². The Balaban J connectivity index is 2.22. The van der Waals surface area contributed by atoms with E-state index in [0.717, 1.165) is 23.1 Å². The van der Waals surface area contributed by atoms with Crippen LogP contribution in [-0.4, -0.2) is 19.3 Å². The first-order valence-electron chi connectivity index (χ1n) is 7.87. The van der Waals surface area contributed by atoms with Gasteiger partial charge in [0.05, 0.1) is 12.8 Å². The van der Waals surface area contributed by atoms with E-state index >= 15 is 4.39 Å². The molecule has 0 unspecified atom stereocenters. The Hall–Kier alpha value is -3.22. The van der Waals surface area contributed by atoms with E-state index in [1.807, 2.05) is 0 Å². The third-order valence-electron chi connectivity index (χ3n) is 4.14. The molecular formula is C20H15F4NO2. The number of nitrogens with zero attached hydrogens (tertiary/aromatic N) is 1. The lowest BCUT2D eigenvalue weighted by Gasteiger charge is -2.23. The van der Waals surface area contributed by atoms with Crippen molar-refractivity contribution in [2.45, 2.75) is 0 Å². The van der Waals surface area contributed by atoms with Gasteiger partial charge in [0.15, 0.2) is 17.4 Å². The Morgan fingerprint density at radius 3 is 2.33 bits per heavy atom. The molecule has 3 rings (SSSR count). The van der Waals surface area contributed by atoms with Crippen molar-refractivity contribution in [1.29, 1.82) is 0 Å². The molecule has 0 spiro atoms. The van der Waals surface area contributed by atoms with Gasteiger partial charge in [0.1, 0.15) is 23.1 Å². The smallest absolute Gasteiger partial charge is 0.191 e. The number of ether oxygens (including phenoxy) is 1. The van der Waals surface area contributed by atoms with E-state index in [0.29, 0.717) is 0 Å². The fourth-order valence-electron chi connectivity index (χ4n) is 2.77. The lowest BCUT2D eigenvalue weighted by atomic mass is 10.0. The van der Waals surface area contributed by atoms with Crippen LogP contribution in [0.15, 0.2) is 48.5 Å². The zero-order valence-electron chi connectivity index (χ0n) is 14.4. The first kappa shape index (κ1) is 18.6. The molecule has 1 N–H and O–H groups in total. The number of hydrogen-bond donors (Lipinski definition) is 1. The fourth-order valence-corrected chi connectivity index (χ4v) is 2.77. The van der Waals surface area contributed by atoms with Gasteiger partial charge >= 0.3 is 0 Å². The predicted molar refractivity (Wildman–Crippen MR) is 94.4 cm³/mol. The van der Waals surface area contributed by atoms with Crippen LogP contribution in [0.5, 0.6) is 11.5 Å². The predicted octanol–water partition coefficient (Wildman–Crippen LogP) is 5.39. The summed E-state index contributed by atoms with van der Waals surface area (Å²) in [7, 11) is 2.59. The molecule has 0 radical (unpaired) electrons. The van der Waals surface area contributed by atoms with Crippen molar-refractivity contribution in [2.24, 2.45) is 0 Å². The summed E-state index contributed by atoms with van der Waals surface area (Å²) in [6.45, 7) is 0. The molecule has 140 valence electrons. The lowest BCUT2D eigenvalue weighted by molar-refractivity contribution is 0.414. The molecule has 7 heteroatoms. The van der Waals surface area contributed by atoms with E-state index in [4.69, 9.17) is 4.74 Å². The van der Waals surface area contributed by atoms with Gasteiger partial charge in [0.25, 0.3) is 0 Å². The normalized spacial score (nSPS) is 10.7. The largest absolute Gasteiger partial charge is 0.505 e. The minimum atomic E-state index is -1.23. The molecule has 0 aliphatic heterocycles. The Labute approximate surface area is 153 Å². The van der Waals surface area contributed by atoms with Gasteiger partial charge in [-0.3, -0.25) is 0 Å². The second-order valence-corrected chi connectivity index (χ2v) is 5.81. The van der Waals surface area contributed by atoms with Crippen molar-refractivity contribution in [3.63, 3.8) is 0 Å². The standard InChI is InChI=1S/C20H15F4NO2/c1-25(20-15(22)6-7-17(26)19(20)24)16-10-13(27-2)9-14(18(16)23)11-4-3-5-12(21)8-11/h3-10,26H,1-2H3. The molecule has 3 aromatic carbocycles. The Morgan fingerprint density at radius 2 is 1.67 bits per heavy atom. The zero-order valence-corrected chi connectivity index (χ0v) is 14.4. The molecule has 0 heterocycles. The van der Waals surface area contributed by atoms with E-state index in [9.17, 15) is 18.3 Å². The molecule has 0 bridgehead atoms. The van der Waals surface area contributed by atoms with Crippen molar-refractivity contribution in [3.8, 4) is 22.6 Å². The second kappa shape index (κ2) is 7.19. The van der Waals surface area contributed by atoms with E-state index in [1.165, 1.54) is 44.5 Å². The highest BCUT2D eigenvalue weighted by Crippen LogP contribution is 2.39. The molecule has 3 aromatic rings. The van der Waals surface area contributed by atoms with Gasteiger partial charge in [-0.1, -0.05) is 12.1 Å². The van der Waals surface area contributed by atoms with Crippen molar-refractivity contribution < 1.29 is 27.4 Å². The third kappa shape index (κ3) is 3.40. The van der Waals surface area contributed by atoms with Crippen LogP contribution in [-0.2, 0) is 0 Å². The number of methoxy groups -OCH3 is 1. The average molecular weight is 377 g/mol. The second-order valence-electron chi connectivity index (χ2n) is 5.81. The van der Waals surface area contributed by atoms with Gasteiger partial charge in [0.2, 0.25) is 0 Å². The molecule has 0 saturated carbocycles. The Morgan fingerprint density at radius 1 is 0.926 bits per heavy atom. The summed E-state index contributed by atoms with van der Waals surface area (Å²) in [6, 6.07) is 9.61. The van der Waals surface area contributed by atoms with Gasteiger partial charge in [-0.2, -0.15) is 0 Å². The number of rotatable bonds is 4. The summed E-state index contributed by atoms with van der Waals surface area (Å²) in [4.78, 5) is 0.922. The minimum absolute atomic E-state index is 0.00308. The maximum atomic E-state index is 15.2. The molecule has 3 nitrogen and oxygen atoms in total. The van der Waals surface area contributed by atoms with Crippen LogP contribution in [0.1, 0.15) is 0 Å². The highest BCUT2D eigenvalue weighted by molar-refractivity contribution is 5.76. The summed E-state index contributed by atoms with van der Waals surface area (Å²) in [6.07, 6.45) is 0. The SMILES string of the molecule is COc1cc(-c2cccc(F)c2)c(F)c(N(C)c2c(F)ccc(O)c2F)c1. The number of aromatic hydroxyl groups is 1. The van der Waals surface area contributed by atoms with E-state index in [-0.39, 0.29) is 22.6 Å². The number of halogens is 4. The topological polar surface area (TPSA) is 32.7 Å². The molecule has 0 amide bonds. The van der Waals surface area contributed by atoms with Gasteiger partial charge in [-0.25, -0.2) is 17.6 Å². The van der Waals surface area contributed by atoms with Crippen molar-refractivity contribution in [2.75, 3.05) is 19.1 Å². The monoisotopic (exact) mass is 377 g/mol. The maximum absolute atomic E-state index is 15.2. The first-order valence-corrected chi connectivity index (χ1v) is 7.87. The molecular weight excluding hydrogens is 362 g/mol. The van der Waals surface area contributed by atoms with Crippen molar-refractivity contribution in [1.82, 2.24) is 0 Å². The summed E-state index contributed by atoms with van der Waals surface area (Å²) >= 11 is 0. The van der Waals surface area contributed by atoms with E-state index in [2.05, 4.69) is 0 Å². The van der Waals surface area contributed by atoms with Crippen LogP contribution in [0.4, 0.5) is 28.9 Å². The van der Waals surface area contributed by atoms with Crippen molar-refractivity contribution in [3.05, 3.63) is 71.8 Å². The third-order valence-corrected chi connectivity index (χ3v) is 4.14. The molecule has 0 saturated heterocycles. The maximum Gasteiger partial charge on any atom is 0.191 e. The highest BCUT2D eigenvalue weighted by Gasteiger charge is 2.23. The molecule has 0 atom stereocenters. The number of anilines is 2. The van der Waals surface area contributed by atoms with Crippen LogP contribution in [0.2, 0.25) is 0 Å². The number of phenolic OH excluding ortho intramolecular Hbond substituents is 1. The van der Waals surface area contributed by atoms with Crippen molar-refractivity contribution >= 4 is 11.4 Å². The molecule has 0 aliphatic carbocycles. The summed E-state index contributed by atoms with van der Waals surface area (Å²) < 4.78 is 62.3. The van der Waals surface area contributed by atoms with E-state index < -0.39 is 34.7 Å². The van der Waals surface area contributed by atoms with Crippen LogP contribution in [0.25, 0.3) is 11.1 Å². The number of hydrogen-bond acceptors (Lipinski definition) is 3. The number of benzene rings is 3. The summed E-state index contributed by atoms with van der Waals surface area (Å²) in [5, 5.41) is 9.53. The minimum Gasteiger partial charge on any atom is -0.505 e. The Kier molecular flexibility index (Phi) is 4.94. The quantitative estimate of drug-likeness (QED) is 0.619. The Bertz CT molecular complexity index is 1010. The first-order chi connectivity index (χ1) is 12.8. The number of phenols is 1. The molecule has 0 aromatic heterocycles. The van der Waals surface area contributed by atoms with E-state index in [1.54, 1.807) is 0 Å². The van der Waals surface area contributed by atoms with Crippen LogP contribution in [0.3, 0.4) is 0 Å². The van der Waals surface area contributed by atoms with Crippen LogP contribution >= 0.6 is 0 Å². The average Bonchev–Trinajstić information content (AvgIpc) is 2.65. The van der Waals surface area contributed by atoms with Gasteiger partial charge in [-0.05, 0) is 35.9 Å².